The molecule has 1 N–H and O–H groups in total. The third-order valence-corrected chi connectivity index (χ3v) is 3.62. The molecular formula is C12H9ClO3S. The molecule has 0 saturated carbocycles. The zero-order chi connectivity index (χ0) is 12.4. The Kier molecular flexibility index (Phi) is 3.36. The van der Waals surface area contributed by atoms with Crippen molar-refractivity contribution in [1.29, 1.82) is 0 Å². The highest BCUT2D eigenvalue weighted by atomic mass is 35.5. The summed E-state index contributed by atoms with van der Waals surface area (Å²) < 4.78 is 4.63. The van der Waals surface area contributed by atoms with Crippen molar-refractivity contribution in [2.75, 3.05) is 7.11 Å². The number of thiophene rings is 1. The van der Waals surface area contributed by atoms with Crippen LogP contribution in [0.3, 0.4) is 0 Å². The number of carbonyl (C=O) groups is 1. The Balaban J connectivity index is 2.40. The Morgan fingerprint density at radius 1 is 1.35 bits per heavy atom. The van der Waals surface area contributed by atoms with Gasteiger partial charge in [0.05, 0.1) is 12.1 Å². The molecular weight excluding hydrogens is 260 g/mol. The van der Waals surface area contributed by atoms with E-state index in [4.69, 9.17) is 11.6 Å². The van der Waals surface area contributed by atoms with E-state index in [1.54, 1.807) is 24.3 Å². The van der Waals surface area contributed by atoms with Gasteiger partial charge in [-0.1, -0.05) is 11.6 Å². The fraction of sp³-hybridized carbons (Fsp3) is 0.0833. The lowest BCUT2D eigenvalue weighted by molar-refractivity contribution is 0.0606. The van der Waals surface area contributed by atoms with Crippen molar-refractivity contribution in [3.05, 3.63) is 40.2 Å². The van der Waals surface area contributed by atoms with Gasteiger partial charge < -0.3 is 9.84 Å². The first-order chi connectivity index (χ1) is 8.11. The normalized spacial score (nSPS) is 10.2. The van der Waals surface area contributed by atoms with E-state index in [1.165, 1.54) is 24.5 Å². The Labute approximate surface area is 107 Å². The number of ether oxygens (including phenoxy) is 1. The predicted molar refractivity (Wildman–Crippen MR) is 67.8 cm³/mol. The number of halogens is 1. The number of methoxy groups -OCH3 is 1. The Hall–Kier alpha value is -1.52. The van der Waals surface area contributed by atoms with Crippen LogP contribution < -0.4 is 0 Å². The number of rotatable bonds is 2. The van der Waals surface area contributed by atoms with Gasteiger partial charge in [-0.3, -0.25) is 0 Å². The fourth-order valence-electron chi connectivity index (χ4n) is 1.40. The average Bonchev–Trinajstić information content (AvgIpc) is 2.77. The zero-order valence-corrected chi connectivity index (χ0v) is 10.5. The largest absolute Gasteiger partial charge is 0.508 e. The van der Waals surface area contributed by atoms with Gasteiger partial charge in [-0.25, -0.2) is 4.79 Å². The van der Waals surface area contributed by atoms with Gasteiger partial charge in [-0.2, -0.15) is 0 Å². The van der Waals surface area contributed by atoms with Crippen molar-refractivity contribution in [3.8, 4) is 16.2 Å². The van der Waals surface area contributed by atoms with E-state index in [2.05, 4.69) is 4.74 Å². The zero-order valence-electron chi connectivity index (χ0n) is 8.94. The Morgan fingerprint density at radius 2 is 2.12 bits per heavy atom. The maximum atomic E-state index is 11.3. The summed E-state index contributed by atoms with van der Waals surface area (Å²) in [6, 6.07) is 8.22. The molecule has 17 heavy (non-hydrogen) atoms. The molecule has 0 aliphatic carbocycles. The maximum absolute atomic E-state index is 11.3. The van der Waals surface area contributed by atoms with E-state index in [0.717, 1.165) is 10.4 Å². The number of phenols is 1. The molecule has 0 saturated heterocycles. The minimum absolute atomic E-state index is 0.114. The summed E-state index contributed by atoms with van der Waals surface area (Å²) in [6.45, 7) is 0. The third-order valence-electron chi connectivity index (χ3n) is 2.21. The lowest BCUT2D eigenvalue weighted by Crippen LogP contribution is -1.96. The van der Waals surface area contributed by atoms with Crippen molar-refractivity contribution in [3.63, 3.8) is 0 Å². The van der Waals surface area contributed by atoms with Gasteiger partial charge in [0.15, 0.2) is 0 Å². The lowest BCUT2D eigenvalue weighted by Gasteiger charge is -2.01. The summed E-state index contributed by atoms with van der Waals surface area (Å²) in [6.07, 6.45) is 0. The van der Waals surface area contributed by atoms with Crippen LogP contribution in [0.1, 0.15) is 9.67 Å². The molecule has 0 radical (unpaired) electrons. The molecule has 2 rings (SSSR count). The molecule has 1 heterocycles. The first-order valence-electron chi connectivity index (χ1n) is 4.79. The summed E-state index contributed by atoms with van der Waals surface area (Å²) >= 11 is 7.32. The summed E-state index contributed by atoms with van der Waals surface area (Å²) in [5, 5.41) is 9.71. The fourth-order valence-corrected chi connectivity index (χ4v) is 2.69. The smallest absolute Gasteiger partial charge is 0.348 e. The summed E-state index contributed by atoms with van der Waals surface area (Å²) in [5.41, 5.74) is 0.782. The number of benzene rings is 1. The van der Waals surface area contributed by atoms with E-state index in [-0.39, 0.29) is 11.7 Å². The number of esters is 1. The lowest BCUT2D eigenvalue weighted by atomic mass is 10.2. The van der Waals surface area contributed by atoms with Gasteiger partial charge in [-0.05, 0) is 30.3 Å². The summed E-state index contributed by atoms with van der Waals surface area (Å²) in [7, 11) is 1.34. The Morgan fingerprint density at radius 3 is 2.76 bits per heavy atom. The molecule has 0 aliphatic heterocycles. The van der Waals surface area contributed by atoms with Crippen LogP contribution in [-0.2, 0) is 4.74 Å². The number of phenolic OH excluding ortho intramolecular Hbond substituents is 1. The molecule has 0 fully saturated rings. The minimum atomic E-state index is -0.365. The second kappa shape index (κ2) is 4.77. The van der Waals surface area contributed by atoms with Gasteiger partial charge in [0.25, 0.3) is 0 Å². The molecule has 88 valence electrons. The van der Waals surface area contributed by atoms with Crippen LogP contribution in [0.2, 0.25) is 5.02 Å². The molecule has 0 unspecified atom stereocenters. The van der Waals surface area contributed by atoms with Crippen LogP contribution in [0.15, 0.2) is 30.3 Å². The molecule has 2 aromatic rings. The molecule has 1 aromatic carbocycles. The molecule has 3 nitrogen and oxygen atoms in total. The first kappa shape index (κ1) is 12.0. The highest BCUT2D eigenvalue weighted by molar-refractivity contribution is 7.17. The van der Waals surface area contributed by atoms with Crippen LogP contribution in [0, 0.1) is 0 Å². The standard InChI is InChI=1S/C12H9ClO3S/c1-16-12(15)11-5-4-10(17-11)8-3-2-7(14)6-9(8)13/h2-6,14H,1H3. The second-order valence-electron chi connectivity index (χ2n) is 3.32. The molecule has 0 atom stereocenters. The van der Waals surface area contributed by atoms with E-state index in [0.29, 0.717) is 9.90 Å². The van der Waals surface area contributed by atoms with Crippen molar-refractivity contribution >= 4 is 28.9 Å². The van der Waals surface area contributed by atoms with E-state index in [9.17, 15) is 9.90 Å². The minimum Gasteiger partial charge on any atom is -0.508 e. The summed E-state index contributed by atoms with van der Waals surface area (Å²) in [4.78, 5) is 12.7. The van der Waals surface area contributed by atoms with Crippen molar-refractivity contribution in [1.82, 2.24) is 0 Å². The molecule has 5 heteroatoms. The van der Waals surface area contributed by atoms with Crippen LogP contribution in [-0.4, -0.2) is 18.2 Å². The van der Waals surface area contributed by atoms with Gasteiger partial charge >= 0.3 is 5.97 Å². The molecule has 0 amide bonds. The quantitative estimate of drug-likeness (QED) is 0.847. The van der Waals surface area contributed by atoms with Crippen molar-refractivity contribution in [2.45, 2.75) is 0 Å². The van der Waals surface area contributed by atoms with Gasteiger partial charge in [-0.15, -0.1) is 11.3 Å². The number of hydrogen-bond acceptors (Lipinski definition) is 4. The topological polar surface area (TPSA) is 46.5 Å². The first-order valence-corrected chi connectivity index (χ1v) is 5.98. The highest BCUT2D eigenvalue weighted by Crippen LogP contribution is 2.35. The average molecular weight is 269 g/mol. The van der Waals surface area contributed by atoms with Crippen LogP contribution >= 0.6 is 22.9 Å². The van der Waals surface area contributed by atoms with Crippen LogP contribution in [0.4, 0.5) is 0 Å². The monoisotopic (exact) mass is 268 g/mol. The number of hydrogen-bond donors (Lipinski definition) is 1. The van der Waals surface area contributed by atoms with Crippen LogP contribution in [0.5, 0.6) is 5.75 Å². The van der Waals surface area contributed by atoms with Gasteiger partial charge in [0.2, 0.25) is 0 Å². The van der Waals surface area contributed by atoms with E-state index < -0.39 is 0 Å². The number of carbonyl (C=O) groups excluding carboxylic acids is 1. The molecule has 1 aromatic heterocycles. The van der Waals surface area contributed by atoms with E-state index >= 15 is 0 Å². The Bertz CT molecular complexity index is 563. The predicted octanol–water partition coefficient (Wildman–Crippen LogP) is 3.56. The summed E-state index contributed by atoms with van der Waals surface area (Å²) in [5.74, 6) is -0.250. The van der Waals surface area contributed by atoms with Crippen molar-refractivity contribution < 1.29 is 14.6 Å². The number of aromatic hydroxyl groups is 1. The highest BCUT2D eigenvalue weighted by Gasteiger charge is 2.12. The SMILES string of the molecule is COC(=O)c1ccc(-c2ccc(O)cc2Cl)s1. The van der Waals surface area contributed by atoms with Gasteiger partial charge in [0, 0.05) is 10.4 Å². The maximum Gasteiger partial charge on any atom is 0.348 e. The van der Waals surface area contributed by atoms with E-state index in [1.807, 2.05) is 0 Å². The molecule has 0 aliphatic rings. The third kappa shape index (κ3) is 2.43. The van der Waals surface area contributed by atoms with Gasteiger partial charge in [0.1, 0.15) is 10.6 Å². The molecule has 0 spiro atoms. The van der Waals surface area contributed by atoms with Crippen LogP contribution in [0.25, 0.3) is 10.4 Å². The van der Waals surface area contributed by atoms with Crippen molar-refractivity contribution in [2.24, 2.45) is 0 Å². The molecule has 0 bridgehead atoms. The second-order valence-corrected chi connectivity index (χ2v) is 4.81.